The minimum absolute atomic E-state index is 0.0292. The number of nitrogens with zero attached hydrogens (tertiary/aromatic N) is 1. The number of unbranched alkanes of at least 4 members (excludes halogenated alkanes) is 1. The zero-order valence-corrected chi connectivity index (χ0v) is 13.2. The van der Waals surface area contributed by atoms with Crippen molar-refractivity contribution in [2.45, 2.75) is 33.2 Å². The van der Waals surface area contributed by atoms with E-state index in [1.807, 2.05) is 18.0 Å². The summed E-state index contributed by atoms with van der Waals surface area (Å²) in [4.78, 5) is 12.7. The Morgan fingerprint density at radius 3 is 2.76 bits per heavy atom. The van der Waals surface area contributed by atoms with Crippen LogP contribution in [0, 0.1) is 5.82 Å². The van der Waals surface area contributed by atoms with Gasteiger partial charge in [0.1, 0.15) is 5.82 Å². The van der Waals surface area contributed by atoms with E-state index in [0.717, 1.165) is 24.9 Å². The number of carbonyl (C=O) groups excluding carboxylic acids is 1. The highest BCUT2D eigenvalue weighted by atomic mass is 19.1. The Hall–Kier alpha value is -1.62. The largest absolute Gasteiger partial charge is 0.372 e. The van der Waals surface area contributed by atoms with Gasteiger partial charge in [-0.25, -0.2) is 4.39 Å². The molecule has 0 bridgehead atoms. The second kappa shape index (κ2) is 9.34. The molecule has 4 nitrogen and oxygen atoms in total. The van der Waals surface area contributed by atoms with Crippen molar-refractivity contribution in [3.05, 3.63) is 29.6 Å². The summed E-state index contributed by atoms with van der Waals surface area (Å²) in [5.41, 5.74) is 1.68. The number of hydrogen-bond acceptors (Lipinski definition) is 3. The lowest BCUT2D eigenvalue weighted by Crippen LogP contribution is -2.30. The summed E-state index contributed by atoms with van der Waals surface area (Å²) in [6, 6.07) is 5.19. The second-order valence-electron chi connectivity index (χ2n) is 5.22. The van der Waals surface area contributed by atoms with Gasteiger partial charge in [-0.1, -0.05) is 19.4 Å². The lowest BCUT2D eigenvalue weighted by Gasteiger charge is -2.20. The molecule has 1 aromatic rings. The minimum Gasteiger partial charge on any atom is -0.372 e. The maximum absolute atomic E-state index is 13.9. The van der Waals surface area contributed by atoms with Gasteiger partial charge in [0.2, 0.25) is 5.91 Å². The lowest BCUT2D eigenvalue weighted by atomic mass is 10.1. The maximum Gasteiger partial charge on any atom is 0.216 e. The molecule has 21 heavy (non-hydrogen) atoms. The highest BCUT2D eigenvalue weighted by Gasteiger charge is 2.08. The number of nitrogens with one attached hydrogen (secondary N) is 2. The molecule has 0 aliphatic heterocycles. The van der Waals surface area contributed by atoms with Crippen molar-refractivity contribution in [3.63, 3.8) is 0 Å². The van der Waals surface area contributed by atoms with Crippen LogP contribution in [0.5, 0.6) is 0 Å². The zero-order chi connectivity index (χ0) is 15.7. The standard InChI is InChI=1S/C16H26FN3O/c1-4-5-10-20(3)16-11-14(6-7-15(16)17)12-18-8-9-19-13(2)21/h6-7,11,18H,4-5,8-10,12H2,1-3H3,(H,19,21). The number of rotatable bonds is 9. The third-order valence-corrected chi connectivity index (χ3v) is 3.27. The fraction of sp³-hybridized carbons (Fsp3) is 0.562. The summed E-state index contributed by atoms with van der Waals surface area (Å²) in [5.74, 6) is -0.214. The molecule has 2 N–H and O–H groups in total. The normalized spacial score (nSPS) is 10.5. The SMILES string of the molecule is CCCCN(C)c1cc(CNCCNC(C)=O)ccc1F. The smallest absolute Gasteiger partial charge is 0.216 e. The van der Waals surface area contributed by atoms with Crippen molar-refractivity contribution in [2.24, 2.45) is 0 Å². The van der Waals surface area contributed by atoms with Gasteiger partial charge in [-0.3, -0.25) is 4.79 Å². The molecule has 0 aliphatic rings. The second-order valence-corrected chi connectivity index (χ2v) is 5.22. The van der Waals surface area contributed by atoms with Crippen molar-refractivity contribution in [2.75, 3.05) is 31.6 Å². The van der Waals surface area contributed by atoms with Gasteiger partial charge < -0.3 is 15.5 Å². The molecule has 0 fully saturated rings. The Morgan fingerprint density at radius 2 is 2.10 bits per heavy atom. The Labute approximate surface area is 126 Å². The van der Waals surface area contributed by atoms with E-state index in [4.69, 9.17) is 0 Å². The van der Waals surface area contributed by atoms with Crippen molar-refractivity contribution >= 4 is 11.6 Å². The molecule has 118 valence electrons. The van der Waals surface area contributed by atoms with Gasteiger partial charge in [0.15, 0.2) is 0 Å². The fourth-order valence-corrected chi connectivity index (χ4v) is 2.04. The monoisotopic (exact) mass is 295 g/mol. The molecule has 0 unspecified atom stereocenters. The fourth-order valence-electron chi connectivity index (χ4n) is 2.04. The molecule has 0 spiro atoms. The Bertz CT molecular complexity index is 451. The number of benzene rings is 1. The average molecular weight is 295 g/mol. The lowest BCUT2D eigenvalue weighted by molar-refractivity contribution is -0.118. The van der Waals surface area contributed by atoms with E-state index in [0.29, 0.717) is 25.3 Å². The third-order valence-electron chi connectivity index (χ3n) is 3.27. The van der Waals surface area contributed by atoms with Gasteiger partial charge in [0, 0.05) is 40.2 Å². The summed E-state index contributed by atoms with van der Waals surface area (Å²) >= 11 is 0. The molecular weight excluding hydrogens is 269 g/mol. The van der Waals surface area contributed by atoms with E-state index >= 15 is 0 Å². The predicted molar refractivity (Wildman–Crippen MR) is 85.0 cm³/mol. The molecule has 0 heterocycles. The van der Waals surface area contributed by atoms with Gasteiger partial charge in [-0.05, 0) is 24.1 Å². The number of carbonyl (C=O) groups is 1. The third kappa shape index (κ3) is 6.58. The number of amides is 1. The van der Waals surface area contributed by atoms with Gasteiger partial charge >= 0.3 is 0 Å². The van der Waals surface area contributed by atoms with Crippen molar-refractivity contribution < 1.29 is 9.18 Å². The van der Waals surface area contributed by atoms with E-state index in [9.17, 15) is 9.18 Å². The van der Waals surface area contributed by atoms with Crippen LogP contribution >= 0.6 is 0 Å². The number of anilines is 1. The summed E-state index contributed by atoms with van der Waals surface area (Å²) in [6.45, 7) is 6.43. The highest BCUT2D eigenvalue weighted by molar-refractivity contribution is 5.72. The molecule has 5 heteroatoms. The molecule has 1 amide bonds. The maximum atomic E-state index is 13.9. The topological polar surface area (TPSA) is 44.4 Å². The molecule has 1 aromatic carbocycles. The molecule has 0 radical (unpaired) electrons. The van der Waals surface area contributed by atoms with E-state index < -0.39 is 0 Å². The molecule has 0 saturated carbocycles. The highest BCUT2D eigenvalue weighted by Crippen LogP contribution is 2.20. The predicted octanol–water partition coefficient (Wildman–Crippen LogP) is 2.29. The summed E-state index contributed by atoms with van der Waals surface area (Å²) < 4.78 is 13.9. The Morgan fingerprint density at radius 1 is 1.33 bits per heavy atom. The molecule has 0 aromatic heterocycles. The molecule has 1 rings (SSSR count). The molecular formula is C16H26FN3O. The molecule has 0 atom stereocenters. The Balaban J connectivity index is 2.50. The van der Waals surface area contributed by atoms with Gasteiger partial charge in [-0.2, -0.15) is 0 Å². The van der Waals surface area contributed by atoms with Crippen molar-refractivity contribution in [1.29, 1.82) is 0 Å². The first-order valence-corrected chi connectivity index (χ1v) is 7.49. The van der Waals surface area contributed by atoms with Crippen LogP contribution in [0.2, 0.25) is 0 Å². The van der Waals surface area contributed by atoms with Crippen LogP contribution in [0.3, 0.4) is 0 Å². The van der Waals surface area contributed by atoms with Crippen LogP contribution in [0.25, 0.3) is 0 Å². The van der Waals surface area contributed by atoms with Crippen LogP contribution in [-0.4, -0.2) is 32.6 Å². The van der Waals surface area contributed by atoms with Gasteiger partial charge in [0.25, 0.3) is 0 Å². The first kappa shape index (κ1) is 17.4. The van der Waals surface area contributed by atoms with Gasteiger partial charge in [0.05, 0.1) is 5.69 Å². The van der Waals surface area contributed by atoms with Crippen LogP contribution in [0.15, 0.2) is 18.2 Å². The first-order valence-electron chi connectivity index (χ1n) is 7.49. The first-order chi connectivity index (χ1) is 10.0. The van der Waals surface area contributed by atoms with E-state index in [2.05, 4.69) is 17.6 Å². The van der Waals surface area contributed by atoms with Crippen LogP contribution < -0.4 is 15.5 Å². The average Bonchev–Trinajstić information content (AvgIpc) is 2.45. The van der Waals surface area contributed by atoms with Crippen molar-refractivity contribution in [3.8, 4) is 0 Å². The van der Waals surface area contributed by atoms with E-state index in [1.165, 1.54) is 13.0 Å². The van der Waals surface area contributed by atoms with Gasteiger partial charge in [-0.15, -0.1) is 0 Å². The van der Waals surface area contributed by atoms with Crippen molar-refractivity contribution in [1.82, 2.24) is 10.6 Å². The summed E-state index contributed by atoms with van der Waals surface area (Å²) in [7, 11) is 1.92. The van der Waals surface area contributed by atoms with Crippen LogP contribution in [0.1, 0.15) is 32.3 Å². The summed E-state index contributed by atoms with van der Waals surface area (Å²) in [5, 5.41) is 5.95. The molecule has 0 saturated heterocycles. The van der Waals surface area contributed by atoms with E-state index in [-0.39, 0.29) is 11.7 Å². The van der Waals surface area contributed by atoms with Crippen LogP contribution in [-0.2, 0) is 11.3 Å². The van der Waals surface area contributed by atoms with Crippen LogP contribution in [0.4, 0.5) is 10.1 Å². The van der Waals surface area contributed by atoms with E-state index in [1.54, 1.807) is 6.07 Å². The summed E-state index contributed by atoms with van der Waals surface area (Å²) in [6.07, 6.45) is 2.14. The number of halogens is 1. The minimum atomic E-state index is -0.185. The quantitative estimate of drug-likeness (QED) is 0.687. The zero-order valence-electron chi connectivity index (χ0n) is 13.2. The molecule has 0 aliphatic carbocycles. The number of hydrogen-bond donors (Lipinski definition) is 2. The Kier molecular flexibility index (Phi) is 7.75.